The number of methoxy groups -OCH3 is 2. The second kappa shape index (κ2) is 7.54. The van der Waals surface area contributed by atoms with Crippen LogP contribution >= 0.6 is 0 Å². The van der Waals surface area contributed by atoms with Gasteiger partial charge in [0.15, 0.2) is 5.76 Å². The average molecular weight is 368 g/mol. The molecule has 0 saturated heterocycles. The van der Waals surface area contributed by atoms with E-state index in [0.29, 0.717) is 0 Å². The minimum atomic E-state index is 0.768. The van der Waals surface area contributed by atoms with Gasteiger partial charge in [-0.25, -0.2) is 0 Å². The molecule has 28 heavy (non-hydrogen) atoms. The van der Waals surface area contributed by atoms with Crippen LogP contribution in [0.15, 0.2) is 71.1 Å². The third kappa shape index (κ3) is 3.45. The van der Waals surface area contributed by atoms with Crippen LogP contribution in [0.4, 0.5) is 0 Å². The van der Waals surface area contributed by atoms with Gasteiger partial charge in [-0.3, -0.25) is 0 Å². The third-order valence-corrected chi connectivity index (χ3v) is 4.62. The molecular weight excluding hydrogens is 348 g/mol. The molecule has 0 amide bonds. The smallest absolute Gasteiger partial charge is 0.151 e. The molecule has 0 aliphatic carbocycles. The zero-order valence-electron chi connectivity index (χ0n) is 16.1. The van der Waals surface area contributed by atoms with Crippen LogP contribution in [0.25, 0.3) is 22.3 Å². The number of aryl methyl sites for hydroxylation is 1. The SMILES string of the molecule is COc1ccc(C#Cc2c(-c3ccc(OC)cc3)oc3ccc(C)cc23)cc1. The molecule has 4 aromatic rings. The molecule has 0 atom stereocenters. The fourth-order valence-electron chi connectivity index (χ4n) is 3.09. The fraction of sp³-hybridized carbons (Fsp3) is 0.120. The molecule has 0 N–H and O–H groups in total. The number of fused-ring (bicyclic) bond motifs is 1. The van der Waals surface area contributed by atoms with Crippen molar-refractivity contribution in [3.63, 3.8) is 0 Å². The highest BCUT2D eigenvalue weighted by atomic mass is 16.5. The van der Waals surface area contributed by atoms with Crippen molar-refractivity contribution >= 4 is 11.0 Å². The standard InChI is InChI=1S/C25H20O3/c1-17-4-15-24-23(16-17)22(14-7-18-5-10-20(26-2)11-6-18)25(28-24)19-8-12-21(27-3)13-9-19/h4-6,8-13,15-16H,1-3H3. The second-order valence-corrected chi connectivity index (χ2v) is 6.51. The number of hydrogen-bond acceptors (Lipinski definition) is 3. The summed E-state index contributed by atoms with van der Waals surface area (Å²) in [7, 11) is 3.31. The van der Waals surface area contributed by atoms with Crippen molar-refractivity contribution in [3.8, 4) is 34.7 Å². The lowest BCUT2D eigenvalue weighted by atomic mass is 10.0. The molecule has 0 aliphatic heterocycles. The van der Waals surface area contributed by atoms with E-state index in [2.05, 4.69) is 24.8 Å². The van der Waals surface area contributed by atoms with Crippen molar-refractivity contribution < 1.29 is 13.9 Å². The lowest BCUT2D eigenvalue weighted by Gasteiger charge is -2.01. The van der Waals surface area contributed by atoms with E-state index in [1.165, 1.54) is 5.56 Å². The maximum absolute atomic E-state index is 6.18. The molecule has 0 spiro atoms. The molecule has 3 nitrogen and oxygen atoms in total. The average Bonchev–Trinajstić information content (AvgIpc) is 3.10. The monoisotopic (exact) mass is 368 g/mol. The van der Waals surface area contributed by atoms with Gasteiger partial charge in [0.25, 0.3) is 0 Å². The van der Waals surface area contributed by atoms with Gasteiger partial charge in [0.2, 0.25) is 0 Å². The highest BCUT2D eigenvalue weighted by molar-refractivity contribution is 5.92. The van der Waals surface area contributed by atoms with Gasteiger partial charge in [0, 0.05) is 16.5 Å². The van der Waals surface area contributed by atoms with E-state index in [1.54, 1.807) is 14.2 Å². The normalized spacial score (nSPS) is 10.4. The van der Waals surface area contributed by atoms with E-state index >= 15 is 0 Å². The minimum absolute atomic E-state index is 0.768. The van der Waals surface area contributed by atoms with Gasteiger partial charge >= 0.3 is 0 Å². The molecular formula is C25H20O3. The third-order valence-electron chi connectivity index (χ3n) is 4.62. The summed E-state index contributed by atoms with van der Waals surface area (Å²) in [5.74, 6) is 8.97. The molecule has 0 radical (unpaired) electrons. The van der Waals surface area contributed by atoms with Gasteiger partial charge in [0.05, 0.1) is 19.8 Å². The Morgan fingerprint density at radius 2 is 1.39 bits per heavy atom. The van der Waals surface area contributed by atoms with Gasteiger partial charge in [0.1, 0.15) is 17.1 Å². The number of ether oxygens (including phenoxy) is 2. The summed E-state index contributed by atoms with van der Waals surface area (Å²) in [5, 5.41) is 1.02. The summed E-state index contributed by atoms with van der Waals surface area (Å²) in [6, 6.07) is 21.7. The Morgan fingerprint density at radius 3 is 2.04 bits per heavy atom. The molecule has 0 fully saturated rings. The molecule has 3 aromatic carbocycles. The minimum Gasteiger partial charge on any atom is -0.497 e. The van der Waals surface area contributed by atoms with Crippen molar-refractivity contribution in [2.45, 2.75) is 6.92 Å². The lowest BCUT2D eigenvalue weighted by molar-refractivity contribution is 0.414. The number of benzene rings is 3. The number of rotatable bonds is 3. The summed E-state index contributed by atoms with van der Waals surface area (Å²) in [5.41, 5.74) is 4.77. The Kier molecular flexibility index (Phi) is 4.78. The molecule has 0 aliphatic rings. The van der Waals surface area contributed by atoms with Crippen LogP contribution in [-0.4, -0.2) is 14.2 Å². The Bertz CT molecular complexity index is 1170. The molecule has 0 bridgehead atoms. The van der Waals surface area contributed by atoms with Crippen LogP contribution in [-0.2, 0) is 0 Å². The van der Waals surface area contributed by atoms with Crippen molar-refractivity contribution in [1.82, 2.24) is 0 Å². The zero-order valence-corrected chi connectivity index (χ0v) is 16.1. The van der Waals surface area contributed by atoms with Crippen LogP contribution in [0.2, 0.25) is 0 Å². The van der Waals surface area contributed by atoms with Gasteiger partial charge in [-0.15, -0.1) is 0 Å². The summed E-state index contributed by atoms with van der Waals surface area (Å²) in [6.07, 6.45) is 0. The summed E-state index contributed by atoms with van der Waals surface area (Å²) in [4.78, 5) is 0. The Morgan fingerprint density at radius 1 is 0.750 bits per heavy atom. The molecule has 138 valence electrons. The van der Waals surface area contributed by atoms with Crippen LogP contribution in [0.5, 0.6) is 11.5 Å². The lowest BCUT2D eigenvalue weighted by Crippen LogP contribution is -1.84. The maximum atomic E-state index is 6.18. The van der Waals surface area contributed by atoms with Crippen LogP contribution < -0.4 is 9.47 Å². The first kappa shape index (κ1) is 17.8. The molecule has 0 unspecified atom stereocenters. The summed E-state index contributed by atoms with van der Waals surface area (Å²) >= 11 is 0. The largest absolute Gasteiger partial charge is 0.497 e. The number of hydrogen-bond donors (Lipinski definition) is 0. The maximum Gasteiger partial charge on any atom is 0.151 e. The van der Waals surface area contributed by atoms with E-state index in [0.717, 1.165) is 44.9 Å². The van der Waals surface area contributed by atoms with Crippen molar-refractivity contribution in [2.24, 2.45) is 0 Å². The predicted octanol–water partition coefficient (Wildman–Crippen LogP) is 5.83. The van der Waals surface area contributed by atoms with Crippen molar-refractivity contribution in [2.75, 3.05) is 14.2 Å². The highest BCUT2D eigenvalue weighted by Gasteiger charge is 2.15. The van der Waals surface area contributed by atoms with E-state index in [-0.39, 0.29) is 0 Å². The summed E-state index contributed by atoms with van der Waals surface area (Å²) < 4.78 is 16.7. The topological polar surface area (TPSA) is 31.6 Å². The first-order chi connectivity index (χ1) is 13.7. The number of furan rings is 1. The van der Waals surface area contributed by atoms with E-state index < -0.39 is 0 Å². The van der Waals surface area contributed by atoms with Gasteiger partial charge in [-0.05, 0) is 67.6 Å². The zero-order chi connectivity index (χ0) is 19.5. The van der Waals surface area contributed by atoms with E-state index in [1.807, 2.05) is 60.7 Å². The van der Waals surface area contributed by atoms with E-state index in [9.17, 15) is 0 Å². The fourth-order valence-corrected chi connectivity index (χ4v) is 3.09. The van der Waals surface area contributed by atoms with Gasteiger partial charge in [-0.1, -0.05) is 23.5 Å². The molecule has 1 heterocycles. The predicted molar refractivity (Wildman–Crippen MR) is 112 cm³/mol. The Balaban J connectivity index is 1.84. The highest BCUT2D eigenvalue weighted by Crippen LogP contribution is 2.34. The molecule has 3 heteroatoms. The van der Waals surface area contributed by atoms with Crippen LogP contribution in [0, 0.1) is 18.8 Å². The van der Waals surface area contributed by atoms with Gasteiger partial charge in [-0.2, -0.15) is 0 Å². The molecule has 0 saturated carbocycles. The van der Waals surface area contributed by atoms with Crippen molar-refractivity contribution in [1.29, 1.82) is 0 Å². The van der Waals surface area contributed by atoms with Crippen LogP contribution in [0.3, 0.4) is 0 Å². The molecule has 1 aromatic heterocycles. The van der Waals surface area contributed by atoms with Crippen LogP contribution in [0.1, 0.15) is 16.7 Å². The van der Waals surface area contributed by atoms with E-state index in [4.69, 9.17) is 13.9 Å². The quantitative estimate of drug-likeness (QED) is 0.427. The summed E-state index contributed by atoms with van der Waals surface area (Å²) in [6.45, 7) is 2.07. The van der Waals surface area contributed by atoms with Crippen molar-refractivity contribution in [3.05, 3.63) is 83.4 Å². The molecule has 4 rings (SSSR count). The first-order valence-corrected chi connectivity index (χ1v) is 9.01. The second-order valence-electron chi connectivity index (χ2n) is 6.51. The van der Waals surface area contributed by atoms with Gasteiger partial charge < -0.3 is 13.9 Å². The Hall–Kier alpha value is -3.64. The first-order valence-electron chi connectivity index (χ1n) is 9.01. The Labute approximate surface area is 164 Å².